The predicted octanol–water partition coefficient (Wildman–Crippen LogP) is 5.63. The number of halogens is 2. The van der Waals surface area contributed by atoms with Crippen LogP contribution in [-0.4, -0.2) is 0 Å². The van der Waals surface area contributed by atoms with Crippen LogP contribution in [0.2, 0.25) is 5.02 Å². The molecular formula is C16H11BrClNO. The van der Waals surface area contributed by atoms with E-state index >= 15 is 0 Å². The largest absolute Gasteiger partial charge is 0.455 e. The number of anilines is 1. The Hall–Kier alpha value is -1.71. The van der Waals surface area contributed by atoms with Gasteiger partial charge in [0.25, 0.3) is 0 Å². The second-order valence-electron chi connectivity index (χ2n) is 4.38. The molecule has 0 bridgehead atoms. The Morgan fingerprint density at radius 1 is 0.900 bits per heavy atom. The van der Waals surface area contributed by atoms with Crippen LogP contribution in [0.4, 0.5) is 5.69 Å². The number of ether oxygens (including phenoxy) is 1. The lowest BCUT2D eigenvalue weighted by Crippen LogP contribution is -1.92. The summed E-state index contributed by atoms with van der Waals surface area (Å²) in [5.74, 6) is 1.36. The van der Waals surface area contributed by atoms with E-state index in [4.69, 9.17) is 22.1 Å². The molecule has 0 aromatic heterocycles. The Balaban J connectivity index is 2.09. The van der Waals surface area contributed by atoms with Crippen LogP contribution in [0.15, 0.2) is 59.1 Å². The summed E-state index contributed by atoms with van der Waals surface area (Å²) in [6.45, 7) is 0. The SMILES string of the molecule is Nc1cc(Br)ccc1Oc1ccc(Cl)c2ccccc12. The van der Waals surface area contributed by atoms with Crippen LogP contribution in [0.1, 0.15) is 0 Å². The van der Waals surface area contributed by atoms with Gasteiger partial charge in [0.05, 0.1) is 5.69 Å². The van der Waals surface area contributed by atoms with E-state index in [2.05, 4.69) is 15.9 Å². The zero-order valence-corrected chi connectivity index (χ0v) is 12.8. The molecular weight excluding hydrogens is 338 g/mol. The maximum absolute atomic E-state index is 6.20. The minimum absolute atomic E-state index is 0.582. The van der Waals surface area contributed by atoms with E-state index in [9.17, 15) is 0 Å². The molecule has 0 amide bonds. The average molecular weight is 349 g/mol. The number of rotatable bonds is 2. The highest BCUT2D eigenvalue weighted by Gasteiger charge is 2.08. The summed E-state index contributed by atoms with van der Waals surface area (Å²) in [4.78, 5) is 0. The van der Waals surface area contributed by atoms with Gasteiger partial charge < -0.3 is 10.5 Å². The normalized spacial score (nSPS) is 10.7. The summed E-state index contributed by atoms with van der Waals surface area (Å²) in [5, 5.41) is 2.63. The molecule has 0 heterocycles. The summed E-state index contributed by atoms with van der Waals surface area (Å²) in [6, 6.07) is 17.1. The van der Waals surface area contributed by atoms with Crippen LogP contribution < -0.4 is 10.5 Å². The summed E-state index contributed by atoms with van der Waals surface area (Å²) >= 11 is 9.58. The molecule has 0 atom stereocenters. The van der Waals surface area contributed by atoms with Crippen LogP contribution in [-0.2, 0) is 0 Å². The first kappa shape index (κ1) is 13.3. The van der Waals surface area contributed by atoms with Crippen LogP contribution in [0.3, 0.4) is 0 Å². The van der Waals surface area contributed by atoms with Gasteiger partial charge in [-0.15, -0.1) is 0 Å². The molecule has 2 nitrogen and oxygen atoms in total. The lowest BCUT2D eigenvalue weighted by Gasteiger charge is -2.12. The van der Waals surface area contributed by atoms with E-state index in [1.165, 1.54) is 0 Å². The minimum atomic E-state index is 0.582. The maximum atomic E-state index is 6.20. The fourth-order valence-corrected chi connectivity index (χ4v) is 2.66. The van der Waals surface area contributed by atoms with Crippen molar-refractivity contribution in [2.45, 2.75) is 0 Å². The molecule has 2 N–H and O–H groups in total. The van der Waals surface area contributed by atoms with Crippen LogP contribution in [0.5, 0.6) is 11.5 Å². The van der Waals surface area contributed by atoms with Crippen molar-refractivity contribution in [1.29, 1.82) is 0 Å². The van der Waals surface area contributed by atoms with Crippen molar-refractivity contribution >= 4 is 44.0 Å². The summed E-state index contributed by atoms with van der Waals surface area (Å²) in [7, 11) is 0. The highest BCUT2D eigenvalue weighted by Crippen LogP contribution is 2.36. The monoisotopic (exact) mass is 347 g/mol. The van der Waals surface area contributed by atoms with Gasteiger partial charge in [-0.25, -0.2) is 0 Å². The summed E-state index contributed by atoms with van der Waals surface area (Å²) < 4.78 is 6.85. The van der Waals surface area contributed by atoms with Crippen LogP contribution in [0.25, 0.3) is 10.8 Å². The molecule has 0 radical (unpaired) electrons. The molecule has 0 unspecified atom stereocenters. The fourth-order valence-electron chi connectivity index (χ4n) is 2.05. The Bertz CT molecular complexity index is 789. The molecule has 4 heteroatoms. The van der Waals surface area contributed by atoms with Gasteiger partial charge in [-0.05, 0) is 30.3 Å². The third-order valence-corrected chi connectivity index (χ3v) is 3.85. The minimum Gasteiger partial charge on any atom is -0.455 e. The third-order valence-electron chi connectivity index (χ3n) is 3.02. The molecule has 3 aromatic carbocycles. The third kappa shape index (κ3) is 2.47. The van der Waals surface area contributed by atoms with Crippen molar-refractivity contribution in [3.8, 4) is 11.5 Å². The average Bonchev–Trinajstić information content (AvgIpc) is 2.45. The van der Waals surface area contributed by atoms with Gasteiger partial charge in [-0.2, -0.15) is 0 Å². The fraction of sp³-hybridized carbons (Fsp3) is 0. The van der Waals surface area contributed by atoms with Crippen molar-refractivity contribution in [1.82, 2.24) is 0 Å². The zero-order valence-electron chi connectivity index (χ0n) is 10.4. The van der Waals surface area contributed by atoms with Gasteiger partial charge in [0.15, 0.2) is 0 Å². The summed E-state index contributed by atoms with van der Waals surface area (Å²) in [6.07, 6.45) is 0. The molecule has 0 saturated carbocycles. The molecule has 0 aliphatic heterocycles. The lowest BCUT2D eigenvalue weighted by molar-refractivity contribution is 0.490. The van der Waals surface area contributed by atoms with Crippen molar-refractivity contribution in [3.05, 3.63) is 64.1 Å². The first-order valence-electron chi connectivity index (χ1n) is 6.05. The Morgan fingerprint density at radius 3 is 2.35 bits per heavy atom. The predicted molar refractivity (Wildman–Crippen MR) is 87.6 cm³/mol. The number of nitrogens with two attached hydrogens (primary N) is 1. The molecule has 3 rings (SSSR count). The van der Waals surface area contributed by atoms with E-state index < -0.39 is 0 Å². The van der Waals surface area contributed by atoms with E-state index in [1.807, 2.05) is 54.6 Å². The standard InChI is InChI=1S/C16H11BrClNO/c17-10-5-7-16(14(19)9-10)20-15-8-6-13(18)11-3-1-2-4-12(11)15/h1-9H,19H2. The smallest absolute Gasteiger partial charge is 0.150 e. The molecule has 0 saturated heterocycles. The molecule has 20 heavy (non-hydrogen) atoms. The van der Waals surface area contributed by atoms with Gasteiger partial charge in [0, 0.05) is 20.3 Å². The van der Waals surface area contributed by atoms with Crippen molar-refractivity contribution in [2.24, 2.45) is 0 Å². The molecule has 0 spiro atoms. The number of fused-ring (bicyclic) bond motifs is 1. The second-order valence-corrected chi connectivity index (χ2v) is 5.70. The highest BCUT2D eigenvalue weighted by molar-refractivity contribution is 9.10. The molecule has 0 aliphatic carbocycles. The first-order valence-corrected chi connectivity index (χ1v) is 7.22. The van der Waals surface area contributed by atoms with Crippen molar-refractivity contribution in [3.63, 3.8) is 0 Å². The van der Waals surface area contributed by atoms with Crippen LogP contribution >= 0.6 is 27.5 Å². The summed E-state index contributed by atoms with van der Waals surface area (Å²) in [5.41, 5.74) is 6.54. The van der Waals surface area contributed by atoms with Gasteiger partial charge in [-0.1, -0.05) is 51.8 Å². The second kappa shape index (κ2) is 5.35. The quantitative estimate of drug-likeness (QED) is 0.609. The van der Waals surface area contributed by atoms with Crippen molar-refractivity contribution in [2.75, 3.05) is 5.73 Å². The maximum Gasteiger partial charge on any atom is 0.150 e. The first-order chi connectivity index (χ1) is 9.65. The van der Waals surface area contributed by atoms with E-state index in [0.29, 0.717) is 16.5 Å². The topological polar surface area (TPSA) is 35.2 Å². The van der Waals surface area contributed by atoms with Gasteiger partial charge in [0.2, 0.25) is 0 Å². The Morgan fingerprint density at radius 2 is 1.60 bits per heavy atom. The van der Waals surface area contributed by atoms with Crippen LogP contribution in [0, 0.1) is 0 Å². The van der Waals surface area contributed by atoms with Gasteiger partial charge >= 0.3 is 0 Å². The molecule has 3 aromatic rings. The van der Waals surface area contributed by atoms with E-state index in [-0.39, 0.29) is 0 Å². The molecule has 0 fully saturated rings. The van der Waals surface area contributed by atoms with E-state index in [0.717, 1.165) is 21.0 Å². The molecule has 100 valence electrons. The number of hydrogen-bond acceptors (Lipinski definition) is 2. The van der Waals surface area contributed by atoms with Gasteiger partial charge in [0.1, 0.15) is 11.5 Å². The van der Waals surface area contributed by atoms with Crippen molar-refractivity contribution < 1.29 is 4.74 Å². The Kier molecular flexibility index (Phi) is 3.55. The van der Waals surface area contributed by atoms with Gasteiger partial charge in [-0.3, -0.25) is 0 Å². The highest BCUT2D eigenvalue weighted by atomic mass is 79.9. The van der Waals surface area contributed by atoms with E-state index in [1.54, 1.807) is 0 Å². The number of nitrogen functional groups attached to an aromatic ring is 1. The number of benzene rings is 3. The zero-order chi connectivity index (χ0) is 14.1. The number of hydrogen-bond donors (Lipinski definition) is 1. The molecule has 0 aliphatic rings. The lowest BCUT2D eigenvalue weighted by atomic mass is 10.1. The Labute approximate surface area is 130 Å².